The van der Waals surface area contributed by atoms with Gasteiger partial charge in [-0.2, -0.15) is 0 Å². The second kappa shape index (κ2) is 5.89. The van der Waals surface area contributed by atoms with Crippen LogP contribution in [0.15, 0.2) is 16.2 Å². The van der Waals surface area contributed by atoms with Gasteiger partial charge >= 0.3 is 0 Å². The summed E-state index contributed by atoms with van der Waals surface area (Å²) in [5.74, 6) is -0.699. The summed E-state index contributed by atoms with van der Waals surface area (Å²) in [5, 5.41) is 15.6. The van der Waals surface area contributed by atoms with Crippen LogP contribution in [0.25, 0.3) is 10.2 Å². The SMILES string of the molecule is CN1C2CCCC1CC(NC(=O)c1c(O)c3ccsc3[nH]c1=O)C2. The molecule has 4 heterocycles. The zero-order valence-electron chi connectivity index (χ0n) is 13.5. The van der Waals surface area contributed by atoms with E-state index in [0.29, 0.717) is 22.3 Å². The summed E-state index contributed by atoms with van der Waals surface area (Å²) in [7, 11) is 2.16. The fourth-order valence-corrected chi connectivity index (χ4v) is 4.99. The van der Waals surface area contributed by atoms with Crippen LogP contribution in [0.3, 0.4) is 0 Å². The minimum atomic E-state index is -0.534. The molecule has 24 heavy (non-hydrogen) atoms. The highest BCUT2D eigenvalue weighted by Gasteiger charge is 2.37. The predicted octanol–water partition coefficient (Wildman–Crippen LogP) is 2.04. The van der Waals surface area contributed by atoms with Crippen molar-refractivity contribution in [3.63, 3.8) is 0 Å². The van der Waals surface area contributed by atoms with E-state index in [4.69, 9.17) is 0 Å². The monoisotopic (exact) mass is 347 g/mol. The minimum Gasteiger partial charge on any atom is -0.506 e. The number of fused-ring (bicyclic) bond motifs is 3. The van der Waals surface area contributed by atoms with Gasteiger partial charge in [0.15, 0.2) is 0 Å². The van der Waals surface area contributed by atoms with Crippen LogP contribution in [0, 0.1) is 0 Å². The number of nitrogens with one attached hydrogen (secondary N) is 2. The van der Waals surface area contributed by atoms with Crippen LogP contribution in [0.2, 0.25) is 0 Å². The maximum Gasteiger partial charge on any atom is 0.265 e. The molecule has 2 aromatic rings. The Bertz CT molecular complexity index is 829. The van der Waals surface area contributed by atoms with E-state index in [-0.39, 0.29) is 17.4 Å². The van der Waals surface area contributed by atoms with Gasteiger partial charge in [0.1, 0.15) is 16.1 Å². The van der Waals surface area contributed by atoms with Gasteiger partial charge in [0.05, 0.1) is 5.39 Å². The molecule has 6 nitrogen and oxygen atoms in total. The van der Waals surface area contributed by atoms with Crippen LogP contribution in [0.5, 0.6) is 5.75 Å². The fraction of sp³-hybridized carbons (Fsp3) is 0.529. The number of carbonyl (C=O) groups is 1. The van der Waals surface area contributed by atoms with E-state index in [1.807, 2.05) is 0 Å². The first-order valence-electron chi connectivity index (χ1n) is 8.40. The number of carbonyl (C=O) groups excluding carboxylic acids is 1. The average molecular weight is 347 g/mol. The molecule has 2 aromatic heterocycles. The third kappa shape index (κ3) is 2.52. The van der Waals surface area contributed by atoms with Gasteiger partial charge in [-0.15, -0.1) is 11.3 Å². The van der Waals surface area contributed by atoms with Gasteiger partial charge in [-0.05, 0) is 44.2 Å². The Morgan fingerprint density at radius 3 is 2.79 bits per heavy atom. The third-order valence-corrected chi connectivity index (χ3v) is 6.34. The van der Waals surface area contributed by atoms with Crippen molar-refractivity contribution in [2.45, 2.75) is 50.2 Å². The summed E-state index contributed by atoms with van der Waals surface area (Å²) < 4.78 is 0. The average Bonchev–Trinajstić information content (AvgIpc) is 2.96. The maximum atomic E-state index is 12.6. The van der Waals surface area contributed by atoms with Gasteiger partial charge in [0.2, 0.25) is 0 Å². The third-order valence-electron chi connectivity index (χ3n) is 5.51. The molecule has 2 bridgehead atoms. The highest BCUT2D eigenvalue weighted by molar-refractivity contribution is 7.16. The second-order valence-corrected chi connectivity index (χ2v) is 7.80. The summed E-state index contributed by atoms with van der Waals surface area (Å²) >= 11 is 1.33. The van der Waals surface area contributed by atoms with Crippen molar-refractivity contribution in [2.24, 2.45) is 0 Å². The first-order valence-corrected chi connectivity index (χ1v) is 9.28. The molecule has 4 rings (SSSR count). The van der Waals surface area contributed by atoms with E-state index in [2.05, 4.69) is 22.2 Å². The summed E-state index contributed by atoms with van der Waals surface area (Å²) in [6.45, 7) is 0. The van der Waals surface area contributed by atoms with E-state index in [9.17, 15) is 14.7 Å². The molecule has 128 valence electrons. The van der Waals surface area contributed by atoms with Crippen LogP contribution in [0.1, 0.15) is 42.5 Å². The van der Waals surface area contributed by atoms with Crippen LogP contribution in [-0.4, -0.2) is 46.1 Å². The zero-order valence-corrected chi connectivity index (χ0v) is 14.4. The molecular weight excluding hydrogens is 326 g/mol. The number of H-pyrrole nitrogens is 1. The molecule has 7 heteroatoms. The Morgan fingerprint density at radius 2 is 2.08 bits per heavy atom. The van der Waals surface area contributed by atoms with E-state index < -0.39 is 11.5 Å². The Hall–Kier alpha value is -1.86. The van der Waals surface area contributed by atoms with Crippen molar-refractivity contribution >= 4 is 27.5 Å². The number of rotatable bonds is 2. The minimum absolute atomic E-state index is 0.0565. The Balaban J connectivity index is 1.58. The molecule has 2 atom stereocenters. The van der Waals surface area contributed by atoms with Crippen molar-refractivity contribution in [1.82, 2.24) is 15.2 Å². The van der Waals surface area contributed by atoms with Crippen molar-refractivity contribution in [1.29, 1.82) is 0 Å². The van der Waals surface area contributed by atoms with Gasteiger partial charge in [-0.3, -0.25) is 9.59 Å². The molecule has 0 aromatic carbocycles. The van der Waals surface area contributed by atoms with Crippen molar-refractivity contribution in [3.05, 3.63) is 27.4 Å². The smallest absolute Gasteiger partial charge is 0.265 e. The van der Waals surface area contributed by atoms with Crippen molar-refractivity contribution in [2.75, 3.05) is 7.05 Å². The number of piperidine rings is 2. The topological polar surface area (TPSA) is 85.4 Å². The van der Waals surface area contributed by atoms with Gasteiger partial charge in [0, 0.05) is 18.1 Å². The predicted molar refractivity (Wildman–Crippen MR) is 93.8 cm³/mol. The number of aromatic nitrogens is 1. The summed E-state index contributed by atoms with van der Waals surface area (Å²) in [6, 6.07) is 2.76. The fourth-order valence-electron chi connectivity index (χ4n) is 4.20. The Morgan fingerprint density at radius 1 is 1.38 bits per heavy atom. The number of pyridine rings is 1. The lowest BCUT2D eigenvalue weighted by molar-refractivity contribution is 0.0462. The van der Waals surface area contributed by atoms with Gasteiger partial charge in [-0.25, -0.2) is 0 Å². The molecule has 1 amide bonds. The summed E-state index contributed by atoms with van der Waals surface area (Å²) in [5.41, 5.74) is -0.710. The van der Waals surface area contributed by atoms with Crippen LogP contribution in [-0.2, 0) is 0 Å². The van der Waals surface area contributed by atoms with E-state index in [1.165, 1.54) is 17.8 Å². The summed E-state index contributed by atoms with van der Waals surface area (Å²) in [4.78, 5) is 30.5. The van der Waals surface area contributed by atoms with Crippen molar-refractivity contribution < 1.29 is 9.90 Å². The first-order chi connectivity index (χ1) is 11.5. The molecule has 2 aliphatic heterocycles. The van der Waals surface area contributed by atoms with E-state index >= 15 is 0 Å². The van der Waals surface area contributed by atoms with E-state index in [0.717, 1.165) is 25.7 Å². The molecule has 2 aliphatic rings. The standard InChI is InChI=1S/C17H21N3O3S/c1-20-10-3-2-4-11(20)8-9(7-10)18-15(22)13-14(21)12-5-6-24-17(12)19-16(13)23/h5-6,9-11H,2-4,7-8H2,1H3,(H,18,22)(H2,19,21,23). The van der Waals surface area contributed by atoms with E-state index in [1.54, 1.807) is 11.4 Å². The van der Waals surface area contributed by atoms with Crippen molar-refractivity contribution in [3.8, 4) is 5.75 Å². The molecular formula is C17H21N3O3S. The number of aromatic amines is 1. The number of hydrogen-bond donors (Lipinski definition) is 3. The second-order valence-electron chi connectivity index (χ2n) is 6.89. The molecule has 0 saturated carbocycles. The Kier molecular flexibility index (Phi) is 3.85. The normalized spacial score (nSPS) is 27.3. The quantitative estimate of drug-likeness (QED) is 0.776. The first kappa shape index (κ1) is 15.7. The molecule has 2 saturated heterocycles. The van der Waals surface area contributed by atoms with Gasteiger partial charge < -0.3 is 20.3 Å². The molecule has 2 fully saturated rings. The maximum absolute atomic E-state index is 12.6. The van der Waals surface area contributed by atoms with Crippen LogP contribution in [0.4, 0.5) is 0 Å². The lowest BCUT2D eigenvalue weighted by atomic mass is 9.82. The molecule has 3 N–H and O–H groups in total. The van der Waals surface area contributed by atoms with Gasteiger partial charge in [0.25, 0.3) is 11.5 Å². The largest absolute Gasteiger partial charge is 0.506 e. The van der Waals surface area contributed by atoms with Gasteiger partial charge in [-0.1, -0.05) is 6.42 Å². The number of thiophene rings is 1. The number of amides is 1. The number of nitrogens with zero attached hydrogens (tertiary/aromatic N) is 1. The molecule has 0 aliphatic carbocycles. The van der Waals surface area contributed by atoms with Crippen LogP contribution < -0.4 is 10.9 Å². The highest BCUT2D eigenvalue weighted by Crippen LogP contribution is 2.33. The number of hydrogen-bond acceptors (Lipinski definition) is 5. The lowest BCUT2D eigenvalue weighted by Crippen LogP contribution is -2.55. The zero-order chi connectivity index (χ0) is 16.8. The Labute approximate surface area is 143 Å². The molecule has 2 unspecified atom stereocenters. The lowest BCUT2D eigenvalue weighted by Gasteiger charge is -2.47. The van der Waals surface area contributed by atoms with Crippen LogP contribution >= 0.6 is 11.3 Å². The highest BCUT2D eigenvalue weighted by atomic mass is 32.1. The summed E-state index contributed by atoms with van der Waals surface area (Å²) in [6.07, 6.45) is 5.37. The molecule has 0 spiro atoms. The number of aromatic hydroxyl groups is 1. The molecule has 0 radical (unpaired) electrons.